The van der Waals surface area contributed by atoms with Crippen LogP contribution < -0.4 is 4.74 Å². The van der Waals surface area contributed by atoms with Crippen LogP contribution in [0.3, 0.4) is 0 Å². The van der Waals surface area contributed by atoms with Crippen LogP contribution in [0, 0.1) is 13.8 Å². The maximum Gasteiger partial charge on any atom is 0.416 e. The molecule has 0 saturated heterocycles. The third-order valence-corrected chi connectivity index (χ3v) is 6.09. The fourth-order valence-corrected chi connectivity index (χ4v) is 3.93. The summed E-state index contributed by atoms with van der Waals surface area (Å²) in [7, 11) is 1.30. The van der Waals surface area contributed by atoms with Crippen LogP contribution in [0.2, 0.25) is 0 Å². The highest BCUT2D eigenvalue weighted by atomic mass is 32.1. The van der Waals surface area contributed by atoms with Gasteiger partial charge >= 0.3 is 12.1 Å². The van der Waals surface area contributed by atoms with Crippen molar-refractivity contribution in [1.82, 2.24) is 4.98 Å². The molecule has 34 heavy (non-hydrogen) atoms. The Kier molecular flexibility index (Phi) is 7.93. The molecule has 0 aliphatic rings. The second kappa shape index (κ2) is 10.7. The van der Waals surface area contributed by atoms with Gasteiger partial charge in [0.15, 0.2) is 13.2 Å². The van der Waals surface area contributed by atoms with E-state index < -0.39 is 17.7 Å². The number of oxime groups is 1. The summed E-state index contributed by atoms with van der Waals surface area (Å²) in [5, 5.41) is 4.78. The number of ether oxygens (including phenoxy) is 2. The van der Waals surface area contributed by atoms with Crippen molar-refractivity contribution in [3.8, 4) is 16.3 Å². The molecular weight excluding hydrogens is 469 g/mol. The highest BCUT2D eigenvalue weighted by molar-refractivity contribution is 7.15. The SMILES string of the molecule is COC(=O)COc1ccc(/C(C)=N/OCc2sc(-c3ccc(C(F)(F)F)cc3)nc2C)cc1C. The number of hydrogen-bond acceptors (Lipinski definition) is 7. The molecule has 0 radical (unpaired) electrons. The number of thiazole rings is 1. The van der Waals surface area contributed by atoms with E-state index in [4.69, 9.17) is 9.57 Å². The van der Waals surface area contributed by atoms with Gasteiger partial charge in [-0.2, -0.15) is 13.2 Å². The Hall–Kier alpha value is -3.40. The number of rotatable bonds is 8. The number of carbonyl (C=O) groups is 1. The molecule has 6 nitrogen and oxygen atoms in total. The van der Waals surface area contributed by atoms with Crippen LogP contribution in [0.4, 0.5) is 13.2 Å². The Morgan fingerprint density at radius 2 is 1.82 bits per heavy atom. The van der Waals surface area contributed by atoms with Crippen LogP contribution in [-0.2, 0) is 27.2 Å². The number of alkyl halides is 3. The fraction of sp³-hybridized carbons (Fsp3) is 0.292. The van der Waals surface area contributed by atoms with E-state index in [0.717, 1.165) is 33.8 Å². The monoisotopic (exact) mass is 492 g/mol. The first-order valence-electron chi connectivity index (χ1n) is 10.2. The first kappa shape index (κ1) is 25.2. The summed E-state index contributed by atoms with van der Waals surface area (Å²) in [6.45, 7) is 5.48. The predicted molar refractivity (Wildman–Crippen MR) is 123 cm³/mol. The molecule has 0 saturated carbocycles. The van der Waals surface area contributed by atoms with Crippen molar-refractivity contribution < 1.29 is 32.3 Å². The molecule has 0 fully saturated rings. The van der Waals surface area contributed by atoms with Crippen molar-refractivity contribution in [2.24, 2.45) is 5.16 Å². The van der Waals surface area contributed by atoms with Gasteiger partial charge in [-0.25, -0.2) is 9.78 Å². The third kappa shape index (κ3) is 6.34. The molecule has 0 spiro atoms. The van der Waals surface area contributed by atoms with Crippen LogP contribution in [0.1, 0.15) is 34.2 Å². The Morgan fingerprint density at radius 3 is 2.44 bits per heavy atom. The third-order valence-electron chi connectivity index (χ3n) is 4.91. The van der Waals surface area contributed by atoms with E-state index in [9.17, 15) is 18.0 Å². The molecule has 180 valence electrons. The Bertz CT molecular complexity index is 1190. The van der Waals surface area contributed by atoms with Crippen molar-refractivity contribution in [3.63, 3.8) is 0 Å². The summed E-state index contributed by atoms with van der Waals surface area (Å²) in [5.41, 5.74) is 2.95. The van der Waals surface area contributed by atoms with E-state index in [2.05, 4.69) is 14.9 Å². The zero-order valence-corrected chi connectivity index (χ0v) is 19.8. The Labute approximate surface area is 199 Å². The van der Waals surface area contributed by atoms with E-state index in [1.807, 2.05) is 26.0 Å². The van der Waals surface area contributed by atoms with E-state index in [1.165, 1.54) is 30.6 Å². The largest absolute Gasteiger partial charge is 0.482 e. The molecule has 3 rings (SSSR count). The lowest BCUT2D eigenvalue weighted by molar-refractivity contribution is -0.143. The van der Waals surface area contributed by atoms with Crippen molar-refractivity contribution in [3.05, 3.63) is 69.7 Å². The molecule has 0 aliphatic carbocycles. The van der Waals surface area contributed by atoms with Crippen LogP contribution in [0.5, 0.6) is 5.75 Å². The highest BCUT2D eigenvalue weighted by Gasteiger charge is 2.30. The van der Waals surface area contributed by atoms with Gasteiger partial charge in [0.05, 0.1) is 29.0 Å². The molecule has 1 heterocycles. The van der Waals surface area contributed by atoms with Gasteiger partial charge in [0, 0.05) is 5.56 Å². The number of esters is 1. The summed E-state index contributed by atoms with van der Waals surface area (Å²) in [5.74, 6) is 0.105. The van der Waals surface area contributed by atoms with Crippen molar-refractivity contribution in [2.75, 3.05) is 13.7 Å². The van der Waals surface area contributed by atoms with E-state index in [1.54, 1.807) is 13.0 Å². The van der Waals surface area contributed by atoms with Crippen LogP contribution in [0.25, 0.3) is 10.6 Å². The standard InChI is InChI=1S/C24H23F3N2O4S/c1-14-11-18(7-10-20(14)32-13-22(30)31-4)15(2)29-33-12-21-16(3)28-23(34-21)17-5-8-19(9-6-17)24(25,26)27/h5-11H,12-13H2,1-4H3/b29-15+. The lowest BCUT2D eigenvalue weighted by atomic mass is 10.1. The molecule has 0 unspecified atom stereocenters. The number of halogens is 3. The van der Waals surface area contributed by atoms with E-state index in [0.29, 0.717) is 22.0 Å². The minimum atomic E-state index is -4.37. The van der Waals surface area contributed by atoms with Crippen LogP contribution in [0.15, 0.2) is 47.6 Å². The number of aromatic nitrogens is 1. The Balaban J connectivity index is 1.63. The van der Waals surface area contributed by atoms with Gasteiger partial charge in [-0.1, -0.05) is 17.3 Å². The second-order valence-corrected chi connectivity index (χ2v) is 8.48. The maximum absolute atomic E-state index is 12.8. The molecular formula is C24H23F3N2O4S. The molecule has 10 heteroatoms. The molecule has 1 aromatic heterocycles. The van der Waals surface area contributed by atoms with Crippen LogP contribution in [-0.4, -0.2) is 30.4 Å². The molecule has 0 aliphatic heterocycles. The summed E-state index contributed by atoms with van der Waals surface area (Å²) >= 11 is 1.35. The number of carbonyl (C=O) groups excluding carboxylic acids is 1. The average Bonchev–Trinajstić information content (AvgIpc) is 3.17. The van der Waals surface area contributed by atoms with Gasteiger partial charge < -0.3 is 14.3 Å². The minimum Gasteiger partial charge on any atom is -0.482 e. The van der Waals surface area contributed by atoms with Crippen molar-refractivity contribution >= 4 is 23.0 Å². The van der Waals surface area contributed by atoms with Gasteiger partial charge in [0.25, 0.3) is 0 Å². The van der Waals surface area contributed by atoms with Gasteiger partial charge in [0.1, 0.15) is 10.8 Å². The molecule has 0 atom stereocenters. The number of methoxy groups -OCH3 is 1. The topological polar surface area (TPSA) is 70.0 Å². The van der Waals surface area contributed by atoms with Gasteiger partial charge in [0.2, 0.25) is 0 Å². The highest BCUT2D eigenvalue weighted by Crippen LogP contribution is 2.33. The number of benzene rings is 2. The molecule has 3 aromatic rings. The van der Waals surface area contributed by atoms with Gasteiger partial charge in [-0.15, -0.1) is 11.3 Å². The van der Waals surface area contributed by atoms with E-state index >= 15 is 0 Å². The predicted octanol–water partition coefficient (Wildman–Crippen LogP) is 5.94. The zero-order chi connectivity index (χ0) is 24.9. The molecule has 2 aromatic carbocycles. The first-order chi connectivity index (χ1) is 16.1. The van der Waals surface area contributed by atoms with Crippen molar-refractivity contribution in [2.45, 2.75) is 33.6 Å². The Morgan fingerprint density at radius 1 is 1.12 bits per heavy atom. The van der Waals surface area contributed by atoms with Gasteiger partial charge in [-0.3, -0.25) is 0 Å². The number of hydrogen-bond donors (Lipinski definition) is 0. The van der Waals surface area contributed by atoms with Crippen LogP contribution >= 0.6 is 11.3 Å². The first-order valence-corrected chi connectivity index (χ1v) is 11.0. The van der Waals surface area contributed by atoms with E-state index in [-0.39, 0.29) is 13.2 Å². The van der Waals surface area contributed by atoms with Gasteiger partial charge in [-0.05, 0) is 62.2 Å². The van der Waals surface area contributed by atoms with Crippen molar-refractivity contribution in [1.29, 1.82) is 0 Å². The molecule has 0 bridgehead atoms. The average molecular weight is 493 g/mol. The number of nitrogens with zero attached hydrogens (tertiary/aromatic N) is 2. The molecule has 0 amide bonds. The normalized spacial score (nSPS) is 11.9. The smallest absolute Gasteiger partial charge is 0.416 e. The lowest BCUT2D eigenvalue weighted by Crippen LogP contribution is -2.13. The lowest BCUT2D eigenvalue weighted by Gasteiger charge is -2.09. The summed E-state index contributed by atoms with van der Waals surface area (Å²) in [6.07, 6.45) is -4.37. The maximum atomic E-state index is 12.8. The molecule has 0 N–H and O–H groups in total. The quantitative estimate of drug-likeness (QED) is 0.221. The summed E-state index contributed by atoms with van der Waals surface area (Å²) in [6, 6.07) is 10.3. The zero-order valence-electron chi connectivity index (χ0n) is 19.0. The number of aryl methyl sites for hydroxylation is 2. The summed E-state index contributed by atoms with van der Waals surface area (Å²) < 4.78 is 48.3. The second-order valence-electron chi connectivity index (χ2n) is 7.40. The summed E-state index contributed by atoms with van der Waals surface area (Å²) in [4.78, 5) is 22.0. The fourth-order valence-electron chi connectivity index (χ4n) is 2.96. The minimum absolute atomic E-state index is 0.171.